The molecule has 0 saturated carbocycles. The van der Waals surface area contributed by atoms with Crippen LogP contribution in [0.1, 0.15) is 20.8 Å². The minimum Gasteiger partial charge on any atom is -0.443 e. The summed E-state index contributed by atoms with van der Waals surface area (Å²) in [4.78, 5) is 25.0. The summed E-state index contributed by atoms with van der Waals surface area (Å²) >= 11 is 3.28. The predicted molar refractivity (Wildman–Crippen MR) is 92.4 cm³/mol. The van der Waals surface area contributed by atoms with E-state index in [1.807, 2.05) is 12.1 Å². The van der Waals surface area contributed by atoms with Crippen LogP contribution < -0.4 is 5.69 Å². The molecule has 0 saturated heterocycles. The number of halogens is 1. The Hall–Kier alpha value is -1.60. The van der Waals surface area contributed by atoms with Crippen LogP contribution in [0.5, 0.6) is 0 Å². The first-order valence-corrected chi connectivity index (χ1v) is 8.54. The molecule has 6 nitrogen and oxygen atoms in total. The fourth-order valence-corrected chi connectivity index (χ4v) is 2.45. The van der Waals surface area contributed by atoms with E-state index >= 15 is 0 Å². The number of ether oxygens (including phenoxy) is 2. The van der Waals surface area contributed by atoms with Crippen LogP contribution in [0.2, 0.25) is 0 Å². The van der Waals surface area contributed by atoms with Crippen LogP contribution in [0.3, 0.4) is 0 Å². The Bertz CT molecular complexity index is 743. The van der Waals surface area contributed by atoms with Crippen LogP contribution in [0, 0.1) is 0 Å². The topological polar surface area (TPSA) is 62.5 Å². The van der Waals surface area contributed by atoms with Gasteiger partial charge in [-0.05, 0) is 32.9 Å². The quantitative estimate of drug-likeness (QED) is 0.587. The van der Waals surface area contributed by atoms with Gasteiger partial charge in [-0.1, -0.05) is 28.1 Å². The van der Waals surface area contributed by atoms with Gasteiger partial charge in [0.15, 0.2) is 0 Å². The highest BCUT2D eigenvalue weighted by molar-refractivity contribution is 9.09. The van der Waals surface area contributed by atoms with Crippen molar-refractivity contribution >= 4 is 33.1 Å². The SMILES string of the molecule is CC(C)(C)OC(=O)n1c(=O)n(CCOCCBr)c2ccccc21. The number of para-hydroxylation sites is 2. The molecular weight excluding hydrogens is 364 g/mol. The van der Waals surface area contributed by atoms with Gasteiger partial charge in [-0.3, -0.25) is 4.57 Å². The van der Waals surface area contributed by atoms with Gasteiger partial charge in [0.05, 0.1) is 30.8 Å². The number of carbonyl (C=O) groups excluding carboxylic acids is 1. The number of aromatic nitrogens is 2. The third kappa shape index (κ3) is 4.23. The maximum Gasteiger partial charge on any atom is 0.423 e. The summed E-state index contributed by atoms with van der Waals surface area (Å²) in [5.74, 6) is 0. The minimum absolute atomic E-state index is 0.377. The second kappa shape index (κ2) is 7.31. The molecule has 0 radical (unpaired) electrons. The summed E-state index contributed by atoms with van der Waals surface area (Å²) in [6, 6.07) is 7.16. The Morgan fingerprint density at radius 3 is 2.43 bits per heavy atom. The van der Waals surface area contributed by atoms with Crippen molar-refractivity contribution in [3.63, 3.8) is 0 Å². The predicted octanol–water partition coefficient (Wildman–Crippen LogP) is 3.00. The average Bonchev–Trinajstić information content (AvgIpc) is 2.74. The summed E-state index contributed by atoms with van der Waals surface area (Å²) < 4.78 is 13.4. The lowest BCUT2D eigenvalue weighted by molar-refractivity contribution is 0.0536. The molecule has 0 unspecified atom stereocenters. The van der Waals surface area contributed by atoms with Gasteiger partial charge >= 0.3 is 11.8 Å². The Balaban J connectivity index is 2.40. The first-order chi connectivity index (χ1) is 10.8. The Morgan fingerprint density at radius 2 is 1.83 bits per heavy atom. The minimum atomic E-state index is -0.668. The molecule has 126 valence electrons. The number of imidazole rings is 1. The fraction of sp³-hybridized carbons (Fsp3) is 0.500. The highest BCUT2D eigenvalue weighted by Crippen LogP contribution is 2.15. The number of rotatable bonds is 5. The van der Waals surface area contributed by atoms with Crippen molar-refractivity contribution in [2.24, 2.45) is 0 Å². The van der Waals surface area contributed by atoms with Crippen molar-refractivity contribution in [1.29, 1.82) is 0 Å². The van der Waals surface area contributed by atoms with E-state index < -0.39 is 17.4 Å². The van der Waals surface area contributed by atoms with E-state index in [0.29, 0.717) is 30.8 Å². The van der Waals surface area contributed by atoms with E-state index in [-0.39, 0.29) is 0 Å². The molecule has 1 aromatic heterocycles. The molecule has 0 aliphatic carbocycles. The maximum atomic E-state index is 12.6. The van der Waals surface area contributed by atoms with Crippen molar-refractivity contribution in [3.8, 4) is 0 Å². The smallest absolute Gasteiger partial charge is 0.423 e. The van der Waals surface area contributed by atoms with Crippen LogP contribution in [0.15, 0.2) is 29.1 Å². The molecule has 2 aromatic rings. The van der Waals surface area contributed by atoms with Crippen LogP contribution in [0.4, 0.5) is 4.79 Å². The van der Waals surface area contributed by atoms with Crippen LogP contribution in [-0.2, 0) is 16.0 Å². The van der Waals surface area contributed by atoms with E-state index in [1.165, 1.54) is 4.57 Å². The number of fused-ring (bicyclic) bond motifs is 1. The van der Waals surface area contributed by atoms with Crippen molar-refractivity contribution in [2.75, 3.05) is 18.5 Å². The molecule has 0 amide bonds. The molecule has 0 atom stereocenters. The second-order valence-electron chi connectivity index (χ2n) is 6.04. The molecule has 0 spiro atoms. The average molecular weight is 385 g/mol. The lowest BCUT2D eigenvalue weighted by Crippen LogP contribution is -2.34. The summed E-state index contributed by atoms with van der Waals surface area (Å²) in [6.07, 6.45) is -0.668. The first kappa shape index (κ1) is 17.7. The van der Waals surface area contributed by atoms with E-state index in [1.54, 1.807) is 32.9 Å². The van der Waals surface area contributed by atoms with Crippen molar-refractivity contribution in [3.05, 3.63) is 34.7 Å². The van der Waals surface area contributed by atoms with Gasteiger partial charge in [-0.25, -0.2) is 9.59 Å². The molecular formula is C16H21BrN2O4. The van der Waals surface area contributed by atoms with Gasteiger partial charge in [-0.15, -0.1) is 0 Å². The van der Waals surface area contributed by atoms with Gasteiger partial charge in [0.2, 0.25) is 0 Å². The second-order valence-corrected chi connectivity index (χ2v) is 6.83. The standard InChI is InChI=1S/C16H21BrN2O4/c1-16(2,3)23-15(21)19-13-7-5-4-6-12(13)18(14(19)20)9-11-22-10-8-17/h4-7H,8-11H2,1-3H3. The number of benzene rings is 1. The maximum absolute atomic E-state index is 12.6. The molecule has 23 heavy (non-hydrogen) atoms. The number of hydrogen-bond donors (Lipinski definition) is 0. The number of carbonyl (C=O) groups is 1. The lowest BCUT2D eigenvalue weighted by Gasteiger charge is -2.19. The summed E-state index contributed by atoms with van der Waals surface area (Å²) in [5, 5.41) is 0.738. The van der Waals surface area contributed by atoms with Crippen molar-refractivity contribution < 1.29 is 14.3 Å². The molecule has 0 bridgehead atoms. The van der Waals surface area contributed by atoms with E-state index in [9.17, 15) is 9.59 Å². The zero-order valence-electron chi connectivity index (χ0n) is 13.5. The highest BCUT2D eigenvalue weighted by atomic mass is 79.9. The largest absolute Gasteiger partial charge is 0.443 e. The normalized spacial score (nSPS) is 11.8. The molecule has 1 aromatic carbocycles. The number of alkyl halides is 1. The summed E-state index contributed by atoms with van der Waals surface area (Å²) in [6.45, 7) is 6.64. The van der Waals surface area contributed by atoms with E-state index in [4.69, 9.17) is 9.47 Å². The summed E-state index contributed by atoms with van der Waals surface area (Å²) in [7, 11) is 0. The van der Waals surface area contributed by atoms with Gasteiger partial charge in [0.1, 0.15) is 5.60 Å². The van der Waals surface area contributed by atoms with Crippen molar-refractivity contribution in [1.82, 2.24) is 9.13 Å². The van der Waals surface area contributed by atoms with Crippen LogP contribution in [-0.4, -0.2) is 39.4 Å². The van der Waals surface area contributed by atoms with Crippen LogP contribution in [0.25, 0.3) is 11.0 Å². The van der Waals surface area contributed by atoms with Gasteiger partial charge in [0, 0.05) is 5.33 Å². The third-order valence-electron chi connectivity index (χ3n) is 3.09. The molecule has 7 heteroatoms. The fourth-order valence-electron chi connectivity index (χ4n) is 2.22. The first-order valence-electron chi connectivity index (χ1n) is 7.42. The summed E-state index contributed by atoms with van der Waals surface area (Å²) in [5.41, 5.74) is 0.138. The zero-order chi connectivity index (χ0) is 17.0. The lowest BCUT2D eigenvalue weighted by atomic mass is 10.2. The van der Waals surface area contributed by atoms with Crippen molar-refractivity contribution in [2.45, 2.75) is 32.9 Å². The van der Waals surface area contributed by atoms with Crippen LogP contribution >= 0.6 is 15.9 Å². The zero-order valence-corrected chi connectivity index (χ0v) is 15.1. The monoisotopic (exact) mass is 384 g/mol. The van der Waals surface area contributed by atoms with Gasteiger partial charge in [-0.2, -0.15) is 4.57 Å². The Labute approximate surface area is 143 Å². The molecule has 2 rings (SSSR count). The Morgan fingerprint density at radius 1 is 1.17 bits per heavy atom. The third-order valence-corrected chi connectivity index (χ3v) is 3.42. The number of nitrogens with zero attached hydrogens (tertiary/aromatic N) is 2. The van der Waals surface area contributed by atoms with E-state index in [2.05, 4.69) is 15.9 Å². The highest BCUT2D eigenvalue weighted by Gasteiger charge is 2.23. The molecule has 0 aliphatic rings. The number of hydrogen-bond acceptors (Lipinski definition) is 4. The van der Waals surface area contributed by atoms with Gasteiger partial charge < -0.3 is 9.47 Å². The Kier molecular flexibility index (Phi) is 5.64. The molecule has 1 heterocycles. The molecule has 0 aliphatic heterocycles. The molecule has 0 N–H and O–H groups in total. The van der Waals surface area contributed by atoms with E-state index in [0.717, 1.165) is 9.90 Å². The molecule has 0 fully saturated rings. The van der Waals surface area contributed by atoms with Gasteiger partial charge in [0.25, 0.3) is 0 Å².